The predicted octanol–water partition coefficient (Wildman–Crippen LogP) is 5.66. The molecule has 0 saturated heterocycles. The van der Waals surface area contributed by atoms with Crippen molar-refractivity contribution in [2.45, 2.75) is 65.2 Å². The Bertz CT molecular complexity index is 816. The van der Waals surface area contributed by atoms with E-state index in [-0.39, 0.29) is 22.4 Å². The van der Waals surface area contributed by atoms with E-state index in [1.165, 1.54) is 12.1 Å². The number of nitrogens with one attached hydrogen (secondary N) is 1. The monoisotopic (exact) mass is 380 g/mol. The van der Waals surface area contributed by atoms with E-state index in [1.807, 2.05) is 47.6 Å². The van der Waals surface area contributed by atoms with Gasteiger partial charge in [-0.2, -0.15) is 13.2 Å². The van der Waals surface area contributed by atoms with Crippen LogP contribution in [0.25, 0.3) is 11.3 Å². The molecule has 1 aromatic carbocycles. The van der Waals surface area contributed by atoms with Crippen molar-refractivity contribution in [3.63, 3.8) is 0 Å². The van der Waals surface area contributed by atoms with Crippen LogP contribution in [0.2, 0.25) is 0 Å². The van der Waals surface area contributed by atoms with Crippen LogP contribution < -0.4 is 5.32 Å². The van der Waals surface area contributed by atoms with E-state index >= 15 is 0 Å². The number of nitrogens with zero attached hydrogens (tertiary/aromatic N) is 1. The minimum absolute atomic E-state index is 0.0495. The molecule has 0 saturated carbocycles. The lowest BCUT2D eigenvalue weighted by Gasteiger charge is -2.25. The molecule has 1 heterocycles. The first-order valence-corrected chi connectivity index (χ1v) is 8.84. The maximum Gasteiger partial charge on any atom is 0.433 e. The first-order chi connectivity index (χ1) is 12.2. The Morgan fingerprint density at radius 1 is 1.00 bits per heavy atom. The van der Waals surface area contributed by atoms with Gasteiger partial charge in [-0.1, -0.05) is 32.9 Å². The van der Waals surface area contributed by atoms with Crippen LogP contribution in [0, 0.1) is 0 Å². The van der Waals surface area contributed by atoms with Crippen LogP contribution in [-0.4, -0.2) is 15.6 Å². The topological polar surface area (TPSA) is 45.2 Å². The van der Waals surface area contributed by atoms with Gasteiger partial charge < -0.3 is 10.4 Å². The molecular formula is C21H27F3N2O. The molecule has 6 heteroatoms. The van der Waals surface area contributed by atoms with Gasteiger partial charge in [-0.05, 0) is 49.9 Å². The van der Waals surface area contributed by atoms with E-state index in [2.05, 4.69) is 10.3 Å². The van der Waals surface area contributed by atoms with Gasteiger partial charge >= 0.3 is 6.18 Å². The lowest BCUT2D eigenvalue weighted by atomic mass is 9.84. The van der Waals surface area contributed by atoms with Crippen LogP contribution in [-0.2, 0) is 18.1 Å². The number of alkyl halides is 3. The van der Waals surface area contributed by atoms with Crippen molar-refractivity contribution in [3.8, 4) is 17.0 Å². The molecule has 2 N–H and O–H groups in total. The zero-order valence-electron chi connectivity index (χ0n) is 16.6. The molecule has 148 valence electrons. The Hall–Kier alpha value is -2.08. The van der Waals surface area contributed by atoms with E-state index in [4.69, 9.17) is 0 Å². The van der Waals surface area contributed by atoms with Crippen LogP contribution in [0.1, 0.15) is 58.4 Å². The number of hydrogen-bond acceptors (Lipinski definition) is 3. The Morgan fingerprint density at radius 2 is 1.63 bits per heavy atom. The third-order valence-corrected chi connectivity index (χ3v) is 4.18. The molecule has 0 fully saturated rings. The summed E-state index contributed by atoms with van der Waals surface area (Å²) in [6.45, 7) is 12.5. The van der Waals surface area contributed by atoms with Crippen LogP contribution in [0.3, 0.4) is 0 Å². The highest BCUT2D eigenvalue weighted by molar-refractivity contribution is 5.70. The fraction of sp³-hybridized carbons (Fsp3) is 0.476. The molecule has 0 spiro atoms. The summed E-state index contributed by atoms with van der Waals surface area (Å²) in [4.78, 5) is 3.74. The fourth-order valence-electron chi connectivity index (χ4n) is 2.56. The molecule has 0 aliphatic heterocycles. The maximum atomic E-state index is 13.0. The first-order valence-electron chi connectivity index (χ1n) is 8.84. The van der Waals surface area contributed by atoms with Crippen molar-refractivity contribution < 1.29 is 18.3 Å². The van der Waals surface area contributed by atoms with E-state index < -0.39 is 11.9 Å². The summed E-state index contributed by atoms with van der Waals surface area (Å²) in [7, 11) is 0. The smallest absolute Gasteiger partial charge is 0.433 e. The van der Waals surface area contributed by atoms with Crippen LogP contribution >= 0.6 is 0 Å². The normalized spacial score (nSPS) is 13.1. The molecule has 0 bridgehead atoms. The van der Waals surface area contributed by atoms with Gasteiger partial charge in [0.05, 0.1) is 5.69 Å². The Kier molecular flexibility index (Phi) is 5.62. The quantitative estimate of drug-likeness (QED) is 0.722. The number of pyridine rings is 1. The predicted molar refractivity (Wildman–Crippen MR) is 102 cm³/mol. The largest absolute Gasteiger partial charge is 0.507 e. The summed E-state index contributed by atoms with van der Waals surface area (Å²) in [5, 5.41) is 14.1. The van der Waals surface area contributed by atoms with Crippen LogP contribution in [0.4, 0.5) is 13.2 Å². The van der Waals surface area contributed by atoms with Gasteiger partial charge in [0.1, 0.15) is 11.4 Å². The van der Waals surface area contributed by atoms with Gasteiger partial charge in [0.15, 0.2) is 0 Å². The number of phenolic OH excluding ortho intramolecular Hbond substituents is 1. The average Bonchev–Trinajstić information content (AvgIpc) is 2.51. The highest BCUT2D eigenvalue weighted by Crippen LogP contribution is 2.38. The number of benzene rings is 1. The lowest BCUT2D eigenvalue weighted by molar-refractivity contribution is -0.141. The second kappa shape index (κ2) is 7.15. The van der Waals surface area contributed by atoms with E-state index in [9.17, 15) is 18.3 Å². The first kappa shape index (κ1) is 21.2. The molecular weight excluding hydrogens is 353 g/mol. The molecule has 0 radical (unpaired) electrons. The van der Waals surface area contributed by atoms with Crippen molar-refractivity contribution in [1.29, 1.82) is 0 Å². The number of phenols is 1. The second-order valence-corrected chi connectivity index (χ2v) is 8.79. The zero-order chi connectivity index (χ0) is 20.6. The molecule has 0 atom stereocenters. The van der Waals surface area contributed by atoms with Gasteiger partial charge in [-0.15, -0.1) is 0 Å². The number of halogens is 3. The van der Waals surface area contributed by atoms with Gasteiger partial charge in [0, 0.05) is 23.2 Å². The Morgan fingerprint density at radius 3 is 2.15 bits per heavy atom. The summed E-state index contributed by atoms with van der Waals surface area (Å²) < 4.78 is 39.1. The van der Waals surface area contributed by atoms with E-state index in [0.29, 0.717) is 17.7 Å². The van der Waals surface area contributed by atoms with Crippen molar-refractivity contribution >= 4 is 0 Å². The van der Waals surface area contributed by atoms with Gasteiger partial charge in [0.25, 0.3) is 0 Å². The zero-order valence-corrected chi connectivity index (χ0v) is 16.6. The standard InChI is InChI=1S/C21H27F3N2O/c1-19(2,3)14-10-13(12-25-20(4,5)6)18(27)15(11-14)16-8-7-9-17(26-16)21(22,23)24/h7-11,25,27H,12H2,1-6H3. The summed E-state index contributed by atoms with van der Waals surface area (Å²) in [6, 6.07) is 7.33. The molecule has 1 aromatic heterocycles. The number of hydrogen-bond donors (Lipinski definition) is 2. The van der Waals surface area contributed by atoms with Crippen molar-refractivity contribution in [1.82, 2.24) is 10.3 Å². The molecule has 0 aliphatic carbocycles. The Balaban J connectivity index is 2.62. The highest BCUT2D eigenvalue weighted by Gasteiger charge is 2.33. The molecule has 0 unspecified atom stereocenters. The number of aromatic hydroxyl groups is 1. The molecule has 2 rings (SSSR count). The number of rotatable bonds is 3. The summed E-state index contributed by atoms with van der Waals surface area (Å²) >= 11 is 0. The molecule has 3 nitrogen and oxygen atoms in total. The molecule has 0 amide bonds. The highest BCUT2D eigenvalue weighted by atomic mass is 19.4. The van der Waals surface area contributed by atoms with Crippen molar-refractivity contribution in [2.75, 3.05) is 0 Å². The summed E-state index contributed by atoms with van der Waals surface area (Å²) in [5.74, 6) is -0.0495. The summed E-state index contributed by atoms with van der Waals surface area (Å²) in [6.07, 6.45) is -4.54. The third kappa shape index (κ3) is 5.45. The maximum absolute atomic E-state index is 13.0. The summed E-state index contributed by atoms with van der Waals surface area (Å²) in [5.41, 5.74) is 0.575. The molecule has 27 heavy (non-hydrogen) atoms. The van der Waals surface area contributed by atoms with Crippen LogP contribution in [0.15, 0.2) is 30.3 Å². The minimum atomic E-state index is -4.54. The van der Waals surface area contributed by atoms with E-state index in [1.54, 1.807) is 6.07 Å². The SMILES string of the molecule is CC(C)(C)NCc1cc(C(C)(C)C)cc(-c2cccc(C(F)(F)F)n2)c1O. The Labute approximate surface area is 158 Å². The lowest BCUT2D eigenvalue weighted by Crippen LogP contribution is -2.35. The van der Waals surface area contributed by atoms with Crippen molar-refractivity contribution in [3.05, 3.63) is 47.2 Å². The third-order valence-electron chi connectivity index (χ3n) is 4.18. The fourth-order valence-corrected chi connectivity index (χ4v) is 2.56. The minimum Gasteiger partial charge on any atom is -0.507 e. The second-order valence-electron chi connectivity index (χ2n) is 8.79. The van der Waals surface area contributed by atoms with Crippen molar-refractivity contribution in [2.24, 2.45) is 0 Å². The van der Waals surface area contributed by atoms with Crippen LogP contribution in [0.5, 0.6) is 5.75 Å². The molecule has 2 aromatic rings. The van der Waals surface area contributed by atoms with Gasteiger partial charge in [-0.3, -0.25) is 0 Å². The number of aromatic nitrogens is 1. The van der Waals surface area contributed by atoms with Gasteiger partial charge in [-0.25, -0.2) is 4.98 Å². The average molecular weight is 380 g/mol. The van der Waals surface area contributed by atoms with E-state index in [0.717, 1.165) is 11.6 Å². The molecule has 0 aliphatic rings. The van der Waals surface area contributed by atoms with Gasteiger partial charge in [0.2, 0.25) is 0 Å².